The minimum Gasteiger partial charge on any atom is -0.507 e. The van der Waals surface area contributed by atoms with Crippen molar-refractivity contribution in [2.24, 2.45) is 46.5 Å². The fraction of sp³-hybridized carbons (Fsp3) is 0.592. The van der Waals surface area contributed by atoms with Gasteiger partial charge in [-0.25, -0.2) is 0 Å². The molecule has 15 heteroatoms. The van der Waals surface area contributed by atoms with E-state index in [9.17, 15) is 39.9 Å². The zero-order valence-corrected chi connectivity index (χ0v) is 38.5. The molecular formula is C49H65N3O12. The SMILES string of the molecule is CO[C@@H]1C=CO[C@@]2(C)Oc3c(C)c(O)c4c(O)c(c(C=NN(C)C56CC7CC(CC(C7)C5)C6)c(O)c4c3C2=O)NC(=O)C(C)=CC=C[C@H](C)[C@H](O)[C@H](C)[C@H](O)[C@H](C)[C@H](OC(C)=O)[C@@H]1C. The lowest BCUT2D eigenvalue weighted by Gasteiger charge is -2.59. The van der Waals surface area contributed by atoms with Crippen LogP contribution in [-0.2, 0) is 23.8 Å². The van der Waals surface area contributed by atoms with Gasteiger partial charge < -0.3 is 49.8 Å². The Hall–Kier alpha value is -5.12. The standard InChI is InChI=1S/C49H65N3O12/c1-23-12-11-13-24(2)47(60)51-38-33(22-50-52(9)49-19-30-16-31(20-49)18-32(17-30)21-49)42(57)35-36(43(38)58)41(56)28(6)45-37(35)46(59)48(8,64-45)62-15-14-34(61-10)25(3)44(63-29(7)53)27(5)40(55)26(4)39(23)54/h11-15,22-23,25-27,30-32,34,39-40,44,54-58H,16-21H2,1-10H3,(H,51,60)/t23-,25+,26-,27-,30?,31?,32?,34+,39-,40-,44+,48-,49?/m0/s1. The number of fused-ring (bicyclic) bond motifs is 14. The summed E-state index contributed by atoms with van der Waals surface area (Å²) in [6.45, 7) is 12.6. The number of aromatic hydroxyl groups is 3. The van der Waals surface area contributed by atoms with Crippen LogP contribution in [0, 0.1) is 48.3 Å². The van der Waals surface area contributed by atoms with Gasteiger partial charge in [-0.3, -0.25) is 19.4 Å². The van der Waals surface area contributed by atoms with E-state index in [1.54, 1.807) is 46.8 Å². The van der Waals surface area contributed by atoms with Gasteiger partial charge in [0.1, 0.15) is 23.4 Å². The summed E-state index contributed by atoms with van der Waals surface area (Å²) in [6.07, 6.45) is 11.7. The second-order valence-electron chi connectivity index (χ2n) is 19.5. The molecule has 348 valence electrons. The number of phenols is 3. The third kappa shape index (κ3) is 8.23. The van der Waals surface area contributed by atoms with E-state index >= 15 is 0 Å². The Morgan fingerprint density at radius 2 is 1.53 bits per heavy atom. The number of ketones is 1. The van der Waals surface area contributed by atoms with Crippen LogP contribution in [-0.4, -0.2) is 104 Å². The number of benzene rings is 2. The molecule has 2 aromatic carbocycles. The highest BCUT2D eigenvalue weighted by Crippen LogP contribution is 2.58. The van der Waals surface area contributed by atoms with Crippen LogP contribution >= 0.6 is 0 Å². The number of aliphatic hydroxyl groups is 2. The molecule has 4 aliphatic carbocycles. The molecule has 9 rings (SSSR count). The fourth-order valence-corrected chi connectivity index (χ4v) is 11.6. The van der Waals surface area contributed by atoms with Crippen LogP contribution in [0.3, 0.4) is 0 Å². The summed E-state index contributed by atoms with van der Waals surface area (Å²) in [5.74, 6) is -6.36. The second kappa shape index (κ2) is 17.7. The molecule has 7 aliphatic rings. The van der Waals surface area contributed by atoms with E-state index in [4.69, 9.17) is 24.0 Å². The van der Waals surface area contributed by atoms with Crippen LogP contribution in [0.15, 0.2) is 41.2 Å². The Labute approximate surface area is 374 Å². The van der Waals surface area contributed by atoms with E-state index in [2.05, 4.69) is 5.32 Å². The Balaban J connectivity index is 1.37. The average Bonchev–Trinajstić information content (AvgIpc) is 3.51. The molecule has 9 bridgehead atoms. The molecule has 3 aliphatic heterocycles. The molecule has 4 saturated carbocycles. The van der Waals surface area contributed by atoms with Crippen LogP contribution in [0.25, 0.3) is 10.8 Å². The highest BCUT2D eigenvalue weighted by Gasteiger charge is 2.53. The number of allylic oxidation sites excluding steroid dienone is 2. The molecule has 0 radical (unpaired) electrons. The molecule has 64 heavy (non-hydrogen) atoms. The number of esters is 1. The van der Waals surface area contributed by atoms with E-state index in [0.29, 0.717) is 17.8 Å². The number of methoxy groups -OCH3 is 1. The summed E-state index contributed by atoms with van der Waals surface area (Å²) in [5.41, 5.74) is -0.421. The first kappa shape index (κ1) is 46.9. The van der Waals surface area contributed by atoms with Crippen molar-refractivity contribution >= 4 is 40.3 Å². The van der Waals surface area contributed by atoms with Crippen molar-refractivity contribution in [3.63, 3.8) is 0 Å². The lowest BCUT2D eigenvalue weighted by molar-refractivity contribution is -0.160. The zero-order chi connectivity index (χ0) is 46.7. The predicted molar refractivity (Wildman–Crippen MR) is 240 cm³/mol. The number of nitrogens with zero attached hydrogens (tertiary/aromatic N) is 2. The van der Waals surface area contributed by atoms with Crippen molar-refractivity contribution in [2.75, 3.05) is 19.5 Å². The topological polar surface area (TPSA) is 217 Å². The van der Waals surface area contributed by atoms with Gasteiger partial charge in [0.05, 0.1) is 58.5 Å². The fourth-order valence-electron chi connectivity index (χ4n) is 11.6. The molecule has 1 amide bonds. The van der Waals surface area contributed by atoms with E-state index in [0.717, 1.165) is 19.3 Å². The molecule has 4 fully saturated rings. The molecule has 0 saturated heterocycles. The van der Waals surface area contributed by atoms with E-state index < -0.39 is 88.8 Å². The molecule has 6 N–H and O–H groups in total. The Bertz CT molecular complexity index is 2280. The normalized spacial score (nSPS) is 35.4. The molecular weight excluding hydrogens is 823 g/mol. The van der Waals surface area contributed by atoms with Crippen molar-refractivity contribution in [2.45, 2.75) is 130 Å². The summed E-state index contributed by atoms with van der Waals surface area (Å²) in [7, 11) is 3.36. The molecule has 3 heterocycles. The number of Topliss-reactive ketones (excluding diaryl/α,β-unsaturated/α-hetero) is 1. The number of amides is 1. The smallest absolute Gasteiger partial charge is 0.312 e. The first-order chi connectivity index (χ1) is 30.1. The van der Waals surface area contributed by atoms with Crippen LogP contribution in [0.2, 0.25) is 0 Å². The van der Waals surface area contributed by atoms with Crippen molar-refractivity contribution in [3.05, 3.63) is 52.8 Å². The molecule has 0 spiro atoms. The second-order valence-corrected chi connectivity index (χ2v) is 19.5. The number of hydrazone groups is 1. The van der Waals surface area contributed by atoms with Crippen LogP contribution in [0.1, 0.15) is 108 Å². The molecule has 0 unspecified atom stereocenters. The number of ether oxygens (including phenoxy) is 4. The zero-order valence-electron chi connectivity index (χ0n) is 38.5. The lowest BCUT2D eigenvalue weighted by atomic mass is 9.53. The number of hydrogen-bond donors (Lipinski definition) is 6. The minimum atomic E-state index is -2.04. The first-order valence-corrected chi connectivity index (χ1v) is 22.5. The third-order valence-electron chi connectivity index (χ3n) is 15.1. The molecule has 9 atom stereocenters. The van der Waals surface area contributed by atoms with Crippen LogP contribution < -0.4 is 10.1 Å². The maximum atomic E-state index is 14.6. The van der Waals surface area contributed by atoms with Gasteiger partial charge in [0.15, 0.2) is 5.75 Å². The molecule has 0 aromatic heterocycles. The third-order valence-corrected chi connectivity index (χ3v) is 15.1. The first-order valence-electron chi connectivity index (χ1n) is 22.5. The summed E-state index contributed by atoms with van der Waals surface area (Å²) in [6, 6.07) is 0. The predicted octanol–water partition coefficient (Wildman–Crippen LogP) is 6.99. The average molecular weight is 888 g/mol. The van der Waals surface area contributed by atoms with Crippen molar-refractivity contribution < 1.29 is 58.9 Å². The molecule has 2 aromatic rings. The maximum absolute atomic E-state index is 14.6. The Kier molecular flexibility index (Phi) is 13.0. The Morgan fingerprint density at radius 3 is 2.12 bits per heavy atom. The highest BCUT2D eigenvalue weighted by molar-refractivity contribution is 6.23. The van der Waals surface area contributed by atoms with Crippen LogP contribution in [0.4, 0.5) is 5.69 Å². The van der Waals surface area contributed by atoms with Gasteiger partial charge in [0.2, 0.25) is 0 Å². The number of carbonyl (C=O) groups excluding carboxylic acids is 3. The quantitative estimate of drug-likeness (QED) is 0.0588. The minimum absolute atomic E-state index is 0.0690. The number of anilines is 1. The van der Waals surface area contributed by atoms with Gasteiger partial charge >= 0.3 is 11.8 Å². The lowest BCUT2D eigenvalue weighted by Crippen LogP contribution is -2.57. The number of aliphatic hydroxyl groups excluding tert-OH is 2. The van der Waals surface area contributed by atoms with Crippen molar-refractivity contribution in [1.29, 1.82) is 0 Å². The highest BCUT2D eigenvalue weighted by atomic mass is 16.7. The van der Waals surface area contributed by atoms with Gasteiger partial charge in [-0.05, 0) is 76.2 Å². The summed E-state index contributed by atoms with van der Waals surface area (Å²) in [5, 5.41) is 68.3. The van der Waals surface area contributed by atoms with Gasteiger partial charge in [-0.1, -0.05) is 45.9 Å². The number of hydrogen-bond acceptors (Lipinski definition) is 14. The monoisotopic (exact) mass is 887 g/mol. The van der Waals surface area contributed by atoms with E-state index in [1.165, 1.54) is 71.8 Å². The number of nitrogens with one attached hydrogen (secondary N) is 1. The van der Waals surface area contributed by atoms with Gasteiger partial charge in [0.25, 0.3) is 11.7 Å². The van der Waals surface area contributed by atoms with Gasteiger partial charge in [-0.2, -0.15) is 5.10 Å². The molecule has 15 nitrogen and oxygen atoms in total. The van der Waals surface area contributed by atoms with Gasteiger partial charge in [0, 0.05) is 68.2 Å². The maximum Gasteiger partial charge on any atom is 0.312 e. The summed E-state index contributed by atoms with van der Waals surface area (Å²) < 4.78 is 23.8. The number of carbonyl (C=O) groups is 3. The van der Waals surface area contributed by atoms with E-state index in [1.807, 2.05) is 12.1 Å². The summed E-state index contributed by atoms with van der Waals surface area (Å²) in [4.78, 5) is 41.0. The van der Waals surface area contributed by atoms with Crippen molar-refractivity contribution in [1.82, 2.24) is 5.01 Å². The summed E-state index contributed by atoms with van der Waals surface area (Å²) >= 11 is 0. The Morgan fingerprint density at radius 1 is 0.906 bits per heavy atom. The van der Waals surface area contributed by atoms with E-state index in [-0.39, 0.29) is 50.0 Å². The van der Waals surface area contributed by atoms with Crippen LogP contribution in [0.5, 0.6) is 23.0 Å². The van der Waals surface area contributed by atoms with Crippen molar-refractivity contribution in [3.8, 4) is 23.0 Å². The number of rotatable bonds is 5. The van der Waals surface area contributed by atoms with Gasteiger partial charge in [-0.15, -0.1) is 0 Å². The largest absolute Gasteiger partial charge is 0.507 e. The number of phenolic OH excluding ortho intramolecular Hbond substituents is 3.